The molecule has 1 saturated heterocycles. The average Bonchev–Trinajstić information content (AvgIpc) is 2.45. The van der Waals surface area contributed by atoms with Crippen molar-refractivity contribution in [3.05, 3.63) is 29.6 Å². The predicted molar refractivity (Wildman–Crippen MR) is 82.7 cm³/mol. The molecule has 0 atom stereocenters. The van der Waals surface area contributed by atoms with Crippen molar-refractivity contribution in [2.24, 2.45) is 0 Å². The van der Waals surface area contributed by atoms with E-state index in [9.17, 15) is 4.39 Å². The summed E-state index contributed by atoms with van der Waals surface area (Å²) in [6, 6.07) is 5.69. The van der Waals surface area contributed by atoms with Gasteiger partial charge in [-0.3, -0.25) is 0 Å². The lowest BCUT2D eigenvalue weighted by Gasteiger charge is -2.37. The van der Waals surface area contributed by atoms with Gasteiger partial charge in [-0.2, -0.15) is 0 Å². The normalized spacial score (nSPS) is 17.4. The van der Waals surface area contributed by atoms with E-state index in [0.29, 0.717) is 6.04 Å². The first-order chi connectivity index (χ1) is 9.61. The van der Waals surface area contributed by atoms with Crippen LogP contribution >= 0.6 is 0 Å². The molecule has 0 aromatic heterocycles. The summed E-state index contributed by atoms with van der Waals surface area (Å²) < 4.78 is 13.5. The van der Waals surface area contributed by atoms with Crippen LogP contribution in [0.25, 0.3) is 0 Å². The molecule has 0 saturated carbocycles. The molecular formula is C16H26FN3. The number of halogens is 1. The lowest BCUT2D eigenvalue weighted by atomic mass is 10.0. The highest BCUT2D eigenvalue weighted by atomic mass is 19.1. The molecule has 0 radical (unpaired) electrons. The Morgan fingerprint density at radius 2 is 2.05 bits per heavy atom. The summed E-state index contributed by atoms with van der Waals surface area (Å²) in [5.41, 5.74) is 2.20. The maximum atomic E-state index is 13.5. The van der Waals surface area contributed by atoms with Gasteiger partial charge in [-0.25, -0.2) is 4.39 Å². The van der Waals surface area contributed by atoms with Crippen molar-refractivity contribution in [2.75, 3.05) is 38.6 Å². The van der Waals surface area contributed by atoms with Gasteiger partial charge in [-0.1, -0.05) is 6.92 Å². The maximum absolute atomic E-state index is 13.5. The molecule has 112 valence electrons. The topological polar surface area (TPSA) is 18.5 Å². The molecule has 0 spiro atoms. The first-order valence-corrected chi connectivity index (χ1v) is 7.52. The lowest BCUT2D eigenvalue weighted by Crippen LogP contribution is -2.42. The van der Waals surface area contributed by atoms with E-state index in [0.717, 1.165) is 37.4 Å². The molecule has 2 rings (SSSR count). The second-order valence-electron chi connectivity index (χ2n) is 5.70. The van der Waals surface area contributed by atoms with Crippen LogP contribution in [0.2, 0.25) is 0 Å². The standard InChI is InChI=1S/C16H26FN3/c1-4-18-12-13-11-14(17)5-6-16(13)20(3)15-7-9-19(2)10-8-15/h5-6,11,15,18H,4,7-10,12H2,1-3H3. The molecule has 0 amide bonds. The quantitative estimate of drug-likeness (QED) is 0.893. The van der Waals surface area contributed by atoms with Crippen LogP contribution in [0.4, 0.5) is 10.1 Å². The smallest absolute Gasteiger partial charge is 0.123 e. The summed E-state index contributed by atoms with van der Waals surface area (Å²) in [5, 5.41) is 3.30. The third-order valence-electron chi connectivity index (χ3n) is 4.22. The van der Waals surface area contributed by atoms with E-state index in [1.165, 1.54) is 12.8 Å². The zero-order valence-corrected chi connectivity index (χ0v) is 12.8. The summed E-state index contributed by atoms with van der Waals surface area (Å²) in [7, 11) is 4.31. The van der Waals surface area contributed by atoms with Crippen molar-refractivity contribution in [3.63, 3.8) is 0 Å². The van der Waals surface area contributed by atoms with E-state index in [2.05, 4.69) is 36.1 Å². The molecule has 1 aromatic rings. The van der Waals surface area contributed by atoms with E-state index in [1.807, 2.05) is 6.07 Å². The minimum atomic E-state index is -0.154. The number of likely N-dealkylation sites (tertiary alicyclic amines) is 1. The third kappa shape index (κ3) is 3.70. The van der Waals surface area contributed by atoms with Crippen molar-refractivity contribution >= 4 is 5.69 Å². The maximum Gasteiger partial charge on any atom is 0.123 e. The molecule has 1 aliphatic rings. The van der Waals surface area contributed by atoms with Gasteiger partial charge < -0.3 is 15.1 Å². The zero-order chi connectivity index (χ0) is 14.5. The van der Waals surface area contributed by atoms with Crippen LogP contribution in [-0.2, 0) is 6.54 Å². The number of anilines is 1. The van der Waals surface area contributed by atoms with Gasteiger partial charge >= 0.3 is 0 Å². The number of nitrogens with zero attached hydrogens (tertiary/aromatic N) is 2. The number of hydrogen-bond donors (Lipinski definition) is 1. The van der Waals surface area contributed by atoms with Crippen molar-refractivity contribution in [1.82, 2.24) is 10.2 Å². The molecule has 1 aliphatic heterocycles. The van der Waals surface area contributed by atoms with Crippen molar-refractivity contribution < 1.29 is 4.39 Å². The summed E-state index contributed by atoms with van der Waals surface area (Å²) in [5.74, 6) is -0.154. The van der Waals surface area contributed by atoms with E-state index in [4.69, 9.17) is 0 Å². The van der Waals surface area contributed by atoms with E-state index >= 15 is 0 Å². The van der Waals surface area contributed by atoms with Crippen molar-refractivity contribution in [2.45, 2.75) is 32.4 Å². The Hall–Kier alpha value is -1.13. The Kier molecular flexibility index (Phi) is 5.38. The van der Waals surface area contributed by atoms with Gasteiger partial charge in [0.05, 0.1) is 0 Å². The van der Waals surface area contributed by atoms with Gasteiger partial charge in [-0.15, -0.1) is 0 Å². The van der Waals surface area contributed by atoms with Crippen LogP contribution in [0, 0.1) is 5.82 Å². The molecule has 1 aromatic carbocycles. The Labute approximate surface area is 121 Å². The van der Waals surface area contributed by atoms with Gasteiger partial charge in [0.2, 0.25) is 0 Å². The number of nitrogens with one attached hydrogen (secondary N) is 1. The van der Waals surface area contributed by atoms with Gasteiger partial charge in [0, 0.05) is 25.3 Å². The Morgan fingerprint density at radius 3 is 2.70 bits per heavy atom. The number of benzene rings is 1. The fourth-order valence-electron chi connectivity index (χ4n) is 2.88. The molecule has 0 bridgehead atoms. The van der Waals surface area contributed by atoms with Crippen molar-refractivity contribution in [3.8, 4) is 0 Å². The summed E-state index contributed by atoms with van der Waals surface area (Å²) >= 11 is 0. The summed E-state index contributed by atoms with van der Waals surface area (Å²) in [4.78, 5) is 4.70. The molecule has 0 unspecified atom stereocenters. The molecule has 1 N–H and O–H groups in total. The van der Waals surface area contributed by atoms with Gasteiger partial charge in [-0.05, 0) is 63.3 Å². The van der Waals surface area contributed by atoms with Crippen LogP contribution in [0.5, 0.6) is 0 Å². The van der Waals surface area contributed by atoms with Crippen LogP contribution in [-0.4, -0.2) is 44.7 Å². The van der Waals surface area contributed by atoms with Crippen LogP contribution < -0.4 is 10.2 Å². The molecule has 3 nitrogen and oxygen atoms in total. The molecule has 4 heteroatoms. The average molecular weight is 279 g/mol. The second-order valence-corrected chi connectivity index (χ2v) is 5.70. The van der Waals surface area contributed by atoms with Crippen molar-refractivity contribution in [1.29, 1.82) is 0 Å². The molecular weight excluding hydrogens is 253 g/mol. The lowest BCUT2D eigenvalue weighted by molar-refractivity contribution is 0.252. The van der Waals surface area contributed by atoms with Gasteiger partial charge in [0.15, 0.2) is 0 Å². The minimum absolute atomic E-state index is 0.154. The second kappa shape index (κ2) is 7.04. The van der Waals surface area contributed by atoms with Crippen LogP contribution in [0.1, 0.15) is 25.3 Å². The first kappa shape index (κ1) is 15.3. The molecule has 0 aliphatic carbocycles. The number of rotatable bonds is 5. The third-order valence-corrected chi connectivity index (χ3v) is 4.22. The van der Waals surface area contributed by atoms with Gasteiger partial charge in [0.1, 0.15) is 5.82 Å². The Balaban J connectivity index is 2.13. The van der Waals surface area contributed by atoms with Crippen LogP contribution in [0.15, 0.2) is 18.2 Å². The molecule has 1 fully saturated rings. The number of hydrogen-bond acceptors (Lipinski definition) is 3. The monoisotopic (exact) mass is 279 g/mol. The van der Waals surface area contributed by atoms with Gasteiger partial charge in [0.25, 0.3) is 0 Å². The minimum Gasteiger partial charge on any atom is -0.371 e. The van der Waals surface area contributed by atoms with E-state index < -0.39 is 0 Å². The number of piperidine rings is 1. The highest BCUT2D eigenvalue weighted by molar-refractivity contribution is 5.54. The first-order valence-electron chi connectivity index (χ1n) is 7.52. The summed E-state index contributed by atoms with van der Waals surface area (Å²) in [6.45, 7) is 5.96. The Bertz CT molecular complexity index is 428. The van der Waals surface area contributed by atoms with Crippen LogP contribution in [0.3, 0.4) is 0 Å². The largest absolute Gasteiger partial charge is 0.371 e. The highest BCUT2D eigenvalue weighted by Crippen LogP contribution is 2.26. The molecule has 1 heterocycles. The predicted octanol–water partition coefficient (Wildman–Crippen LogP) is 2.47. The fourth-order valence-corrected chi connectivity index (χ4v) is 2.88. The summed E-state index contributed by atoms with van der Waals surface area (Å²) in [6.07, 6.45) is 2.34. The SMILES string of the molecule is CCNCc1cc(F)ccc1N(C)C1CCN(C)CC1. The Morgan fingerprint density at radius 1 is 1.35 bits per heavy atom. The molecule has 20 heavy (non-hydrogen) atoms. The van der Waals surface area contributed by atoms with E-state index in [-0.39, 0.29) is 5.82 Å². The highest BCUT2D eigenvalue weighted by Gasteiger charge is 2.22. The van der Waals surface area contributed by atoms with E-state index in [1.54, 1.807) is 12.1 Å². The zero-order valence-electron chi connectivity index (χ0n) is 12.8. The fraction of sp³-hybridized carbons (Fsp3) is 0.625.